The van der Waals surface area contributed by atoms with Crippen LogP contribution in [-0.2, 0) is 9.84 Å². The lowest BCUT2D eigenvalue weighted by molar-refractivity contribution is 0.0969. The van der Waals surface area contributed by atoms with Crippen molar-refractivity contribution < 1.29 is 13.5 Å². The Balaban J connectivity index is 2.02. The minimum Gasteiger partial charge on any atom is -0.395 e. The topological polar surface area (TPSA) is 69.6 Å². The molecule has 2 rings (SSSR count). The maximum atomic E-state index is 12.4. The van der Waals surface area contributed by atoms with Crippen molar-refractivity contribution in [2.75, 3.05) is 18.9 Å². The van der Waals surface area contributed by atoms with Crippen molar-refractivity contribution in [3.8, 4) is 0 Å². The number of hydrazine groups is 1. The van der Waals surface area contributed by atoms with Gasteiger partial charge in [0.2, 0.25) is 0 Å². The van der Waals surface area contributed by atoms with Gasteiger partial charge in [-0.2, -0.15) is 0 Å². The third kappa shape index (κ3) is 4.26. The van der Waals surface area contributed by atoms with Crippen molar-refractivity contribution in [3.05, 3.63) is 30.3 Å². The summed E-state index contributed by atoms with van der Waals surface area (Å²) in [5.74, 6) is 0.0716. The molecule has 118 valence electrons. The van der Waals surface area contributed by atoms with E-state index in [0.29, 0.717) is 4.90 Å². The van der Waals surface area contributed by atoms with Crippen LogP contribution in [0.15, 0.2) is 35.2 Å². The maximum absolute atomic E-state index is 12.4. The van der Waals surface area contributed by atoms with Crippen LogP contribution in [0.3, 0.4) is 0 Å². The van der Waals surface area contributed by atoms with E-state index in [1.54, 1.807) is 24.3 Å². The Labute approximate surface area is 126 Å². The number of benzene rings is 1. The van der Waals surface area contributed by atoms with Gasteiger partial charge in [-0.25, -0.2) is 13.4 Å². The first kappa shape index (κ1) is 16.4. The highest BCUT2D eigenvalue weighted by Crippen LogP contribution is 2.17. The summed E-state index contributed by atoms with van der Waals surface area (Å²) < 4.78 is 24.8. The number of hydrogen-bond acceptors (Lipinski definition) is 5. The number of hydrogen-bond donors (Lipinski definition) is 2. The van der Waals surface area contributed by atoms with Crippen molar-refractivity contribution in [2.45, 2.75) is 43.2 Å². The average Bonchev–Trinajstić information content (AvgIpc) is 2.94. The van der Waals surface area contributed by atoms with E-state index in [2.05, 4.69) is 5.43 Å². The maximum Gasteiger partial charge on any atom is 0.179 e. The quantitative estimate of drug-likeness (QED) is 0.792. The number of aliphatic hydroxyl groups excluding tert-OH is 1. The molecule has 1 heterocycles. The van der Waals surface area contributed by atoms with Crippen LogP contribution >= 0.6 is 0 Å². The van der Waals surface area contributed by atoms with Gasteiger partial charge in [0.05, 0.1) is 17.3 Å². The largest absolute Gasteiger partial charge is 0.395 e. The highest BCUT2D eigenvalue weighted by molar-refractivity contribution is 7.91. The summed E-state index contributed by atoms with van der Waals surface area (Å²) in [6, 6.07) is 8.52. The van der Waals surface area contributed by atoms with E-state index >= 15 is 0 Å². The third-order valence-electron chi connectivity index (χ3n) is 3.95. The summed E-state index contributed by atoms with van der Waals surface area (Å²) in [7, 11) is -3.29. The smallest absolute Gasteiger partial charge is 0.179 e. The van der Waals surface area contributed by atoms with Gasteiger partial charge in [0.1, 0.15) is 0 Å². The molecular formula is C15H24N2O3S. The molecule has 0 amide bonds. The van der Waals surface area contributed by atoms with Crippen LogP contribution in [0.25, 0.3) is 0 Å². The molecular weight excluding hydrogens is 288 g/mol. The molecule has 0 bridgehead atoms. The SMILES string of the molecule is CC[C@H](CS(=O)(=O)c1ccccc1)NN1CCC[C@H]1CO. The Kier molecular flexibility index (Phi) is 5.75. The minimum atomic E-state index is -3.29. The first-order valence-electron chi connectivity index (χ1n) is 7.48. The minimum absolute atomic E-state index is 0.0716. The van der Waals surface area contributed by atoms with E-state index in [1.165, 1.54) is 0 Å². The molecule has 1 aromatic rings. The van der Waals surface area contributed by atoms with Crippen LogP contribution in [0.5, 0.6) is 0 Å². The van der Waals surface area contributed by atoms with Gasteiger partial charge in [0.25, 0.3) is 0 Å². The molecule has 0 radical (unpaired) electrons. The number of nitrogens with one attached hydrogen (secondary N) is 1. The van der Waals surface area contributed by atoms with Crippen molar-refractivity contribution in [2.24, 2.45) is 0 Å². The summed E-state index contributed by atoms with van der Waals surface area (Å²) in [5, 5.41) is 11.3. The lowest BCUT2D eigenvalue weighted by Gasteiger charge is -2.28. The van der Waals surface area contributed by atoms with Crippen LogP contribution in [0.2, 0.25) is 0 Å². The fourth-order valence-electron chi connectivity index (χ4n) is 2.67. The van der Waals surface area contributed by atoms with Crippen molar-refractivity contribution >= 4 is 9.84 Å². The molecule has 2 N–H and O–H groups in total. The highest BCUT2D eigenvalue weighted by Gasteiger charge is 2.27. The number of aliphatic hydroxyl groups is 1. The zero-order valence-electron chi connectivity index (χ0n) is 12.4. The molecule has 6 heteroatoms. The van der Waals surface area contributed by atoms with E-state index in [9.17, 15) is 13.5 Å². The Morgan fingerprint density at radius 3 is 2.71 bits per heavy atom. The summed E-state index contributed by atoms with van der Waals surface area (Å²) in [4.78, 5) is 0.366. The average molecular weight is 312 g/mol. The molecule has 1 fully saturated rings. The fraction of sp³-hybridized carbons (Fsp3) is 0.600. The highest BCUT2D eigenvalue weighted by atomic mass is 32.2. The molecule has 1 aliphatic rings. The predicted octanol–water partition coefficient (Wildman–Crippen LogP) is 1.20. The monoisotopic (exact) mass is 312 g/mol. The molecule has 2 atom stereocenters. The van der Waals surface area contributed by atoms with Gasteiger partial charge in [-0.3, -0.25) is 5.43 Å². The van der Waals surface area contributed by atoms with Gasteiger partial charge in [-0.15, -0.1) is 0 Å². The summed E-state index contributed by atoms with van der Waals surface area (Å²) in [5.41, 5.74) is 3.29. The van der Waals surface area contributed by atoms with E-state index < -0.39 is 9.84 Å². The van der Waals surface area contributed by atoms with Gasteiger partial charge in [-0.1, -0.05) is 25.1 Å². The molecule has 0 unspecified atom stereocenters. The number of nitrogens with zero attached hydrogens (tertiary/aromatic N) is 1. The van der Waals surface area contributed by atoms with Crippen LogP contribution in [-0.4, -0.2) is 49.5 Å². The van der Waals surface area contributed by atoms with E-state index in [0.717, 1.165) is 25.8 Å². The molecule has 0 spiro atoms. The molecule has 1 aliphatic heterocycles. The van der Waals surface area contributed by atoms with Crippen LogP contribution < -0.4 is 5.43 Å². The first-order valence-corrected chi connectivity index (χ1v) is 9.13. The molecule has 21 heavy (non-hydrogen) atoms. The van der Waals surface area contributed by atoms with Gasteiger partial charge in [0, 0.05) is 18.6 Å². The second-order valence-corrected chi connectivity index (χ2v) is 7.53. The Hall–Kier alpha value is -0.950. The summed E-state index contributed by atoms with van der Waals surface area (Å²) >= 11 is 0. The lowest BCUT2D eigenvalue weighted by Crippen LogP contribution is -2.50. The lowest BCUT2D eigenvalue weighted by atomic mass is 10.2. The van der Waals surface area contributed by atoms with Crippen LogP contribution in [0.4, 0.5) is 0 Å². The Bertz CT molecular complexity index is 533. The van der Waals surface area contributed by atoms with Crippen molar-refractivity contribution in [3.63, 3.8) is 0 Å². The number of rotatable bonds is 7. The zero-order chi connectivity index (χ0) is 15.3. The van der Waals surface area contributed by atoms with E-state index in [-0.39, 0.29) is 24.4 Å². The summed E-state index contributed by atoms with van der Waals surface area (Å²) in [6.45, 7) is 2.93. The van der Waals surface area contributed by atoms with Crippen LogP contribution in [0, 0.1) is 0 Å². The summed E-state index contributed by atoms with van der Waals surface area (Å²) in [6.07, 6.45) is 2.70. The molecule has 1 saturated heterocycles. The third-order valence-corrected chi connectivity index (χ3v) is 5.78. The van der Waals surface area contributed by atoms with Gasteiger partial charge < -0.3 is 5.11 Å². The normalized spacial score (nSPS) is 21.5. The molecule has 5 nitrogen and oxygen atoms in total. The van der Waals surface area contributed by atoms with Crippen LogP contribution in [0.1, 0.15) is 26.2 Å². The predicted molar refractivity (Wildman–Crippen MR) is 82.5 cm³/mol. The molecule has 1 aromatic carbocycles. The standard InChI is InChI=1S/C15H24N2O3S/c1-2-13(16-17-10-6-7-14(17)11-18)12-21(19,20)15-8-4-3-5-9-15/h3-5,8-9,13-14,16,18H,2,6-7,10-12H2,1H3/t13-,14+/m1/s1. The van der Waals surface area contributed by atoms with E-state index in [1.807, 2.05) is 18.0 Å². The Morgan fingerprint density at radius 2 is 2.10 bits per heavy atom. The van der Waals surface area contributed by atoms with Crippen molar-refractivity contribution in [1.29, 1.82) is 0 Å². The first-order chi connectivity index (χ1) is 10.1. The number of sulfone groups is 1. The molecule has 0 aromatic heterocycles. The van der Waals surface area contributed by atoms with Gasteiger partial charge >= 0.3 is 0 Å². The molecule has 0 saturated carbocycles. The van der Waals surface area contributed by atoms with Gasteiger partial charge in [0.15, 0.2) is 9.84 Å². The second-order valence-electron chi connectivity index (χ2n) is 5.50. The fourth-order valence-corrected chi connectivity index (χ4v) is 4.27. The van der Waals surface area contributed by atoms with E-state index in [4.69, 9.17) is 0 Å². The molecule has 0 aliphatic carbocycles. The second kappa shape index (κ2) is 7.35. The zero-order valence-corrected chi connectivity index (χ0v) is 13.2. The van der Waals surface area contributed by atoms with Gasteiger partial charge in [-0.05, 0) is 31.4 Å². The Morgan fingerprint density at radius 1 is 1.38 bits per heavy atom. The van der Waals surface area contributed by atoms with Crippen molar-refractivity contribution in [1.82, 2.24) is 10.4 Å².